The molecule has 0 aromatic carbocycles. The molecule has 1 fully saturated rings. The van der Waals surface area contributed by atoms with Gasteiger partial charge < -0.3 is 10.2 Å². The summed E-state index contributed by atoms with van der Waals surface area (Å²) in [7, 11) is 0. The number of pyridine rings is 1. The van der Waals surface area contributed by atoms with Crippen molar-refractivity contribution in [1.82, 2.24) is 15.2 Å². The number of piperidine rings is 1. The summed E-state index contributed by atoms with van der Waals surface area (Å²) in [4.78, 5) is 18.4. The Morgan fingerprint density at radius 1 is 1.40 bits per heavy atom. The van der Waals surface area contributed by atoms with Crippen molar-refractivity contribution in [2.45, 2.75) is 32.2 Å². The molecule has 1 aromatic heterocycles. The molecule has 0 aliphatic carbocycles. The molecule has 1 N–H and O–H groups in total. The zero-order chi connectivity index (χ0) is 14.5. The number of hydrogen-bond donors (Lipinski definition) is 1. The second-order valence-electron chi connectivity index (χ2n) is 5.22. The first kappa shape index (κ1) is 15.5. The predicted molar refractivity (Wildman–Crippen MR) is 81.5 cm³/mol. The highest BCUT2D eigenvalue weighted by Crippen LogP contribution is 2.18. The maximum Gasteiger partial charge on any atom is 0.253 e. The van der Waals surface area contributed by atoms with Crippen molar-refractivity contribution < 1.29 is 4.79 Å². The Kier molecular flexibility index (Phi) is 5.64. The molecule has 0 spiro atoms. The molecule has 1 unspecified atom stereocenters. The van der Waals surface area contributed by atoms with Gasteiger partial charge in [0.05, 0.1) is 10.6 Å². The van der Waals surface area contributed by atoms with Gasteiger partial charge >= 0.3 is 0 Å². The summed E-state index contributed by atoms with van der Waals surface area (Å²) in [6.45, 7) is 5.09. The molecule has 1 saturated heterocycles. The highest BCUT2D eigenvalue weighted by atomic mass is 35.5. The van der Waals surface area contributed by atoms with Crippen molar-refractivity contribution in [3.63, 3.8) is 0 Å². The Balaban J connectivity index is 1.91. The van der Waals surface area contributed by atoms with Gasteiger partial charge in [-0.2, -0.15) is 0 Å². The van der Waals surface area contributed by atoms with Crippen LogP contribution in [0.5, 0.6) is 0 Å². The molecule has 1 aliphatic heterocycles. The Hall–Kier alpha value is -0.840. The van der Waals surface area contributed by atoms with Crippen LogP contribution in [0, 0.1) is 0 Å². The van der Waals surface area contributed by atoms with Crippen LogP contribution in [0.3, 0.4) is 0 Å². The van der Waals surface area contributed by atoms with E-state index in [1.54, 1.807) is 0 Å². The summed E-state index contributed by atoms with van der Waals surface area (Å²) in [6.07, 6.45) is 5.19. The average molecular weight is 316 g/mol. The molecule has 0 radical (unpaired) electrons. The fourth-order valence-corrected chi connectivity index (χ4v) is 2.81. The van der Waals surface area contributed by atoms with Crippen LogP contribution < -0.4 is 5.32 Å². The van der Waals surface area contributed by atoms with E-state index >= 15 is 0 Å². The highest BCUT2D eigenvalue weighted by Gasteiger charge is 2.17. The molecule has 1 atom stereocenters. The van der Waals surface area contributed by atoms with Crippen molar-refractivity contribution in [2.24, 2.45) is 0 Å². The van der Waals surface area contributed by atoms with Gasteiger partial charge in [-0.1, -0.05) is 29.6 Å². The number of carbonyl (C=O) groups excluding carboxylic acids is 1. The van der Waals surface area contributed by atoms with E-state index in [9.17, 15) is 4.79 Å². The minimum Gasteiger partial charge on any atom is -0.348 e. The van der Waals surface area contributed by atoms with Gasteiger partial charge in [0.2, 0.25) is 0 Å². The van der Waals surface area contributed by atoms with Gasteiger partial charge in [-0.25, -0.2) is 4.98 Å². The van der Waals surface area contributed by atoms with E-state index in [-0.39, 0.29) is 17.1 Å². The summed E-state index contributed by atoms with van der Waals surface area (Å²) in [5.41, 5.74) is 0.372. The number of aromatic nitrogens is 1. The van der Waals surface area contributed by atoms with Crippen LogP contribution >= 0.6 is 23.2 Å². The molecule has 4 nitrogen and oxygen atoms in total. The fourth-order valence-electron chi connectivity index (χ4n) is 2.46. The molecule has 0 saturated carbocycles. The largest absolute Gasteiger partial charge is 0.348 e. The fraction of sp³-hybridized carbons (Fsp3) is 0.571. The van der Waals surface area contributed by atoms with E-state index in [1.807, 2.05) is 6.92 Å². The van der Waals surface area contributed by atoms with Crippen molar-refractivity contribution in [2.75, 3.05) is 19.6 Å². The Labute approximate surface area is 129 Å². The van der Waals surface area contributed by atoms with Crippen molar-refractivity contribution in [1.29, 1.82) is 0 Å². The van der Waals surface area contributed by atoms with Crippen LogP contribution in [-0.4, -0.2) is 41.5 Å². The van der Waals surface area contributed by atoms with Gasteiger partial charge in [0.25, 0.3) is 5.91 Å². The Bertz CT molecular complexity index is 475. The Morgan fingerprint density at radius 2 is 2.10 bits per heavy atom. The quantitative estimate of drug-likeness (QED) is 0.869. The van der Waals surface area contributed by atoms with Gasteiger partial charge in [0, 0.05) is 18.8 Å². The summed E-state index contributed by atoms with van der Waals surface area (Å²) in [5.74, 6) is -0.205. The van der Waals surface area contributed by atoms with Crippen LogP contribution in [0.1, 0.15) is 36.5 Å². The molecule has 1 aromatic rings. The first-order valence-electron chi connectivity index (χ1n) is 6.90. The number of hydrogen-bond acceptors (Lipinski definition) is 3. The smallest absolute Gasteiger partial charge is 0.253 e. The minimum atomic E-state index is -0.205. The third-order valence-electron chi connectivity index (χ3n) is 3.42. The second-order valence-corrected chi connectivity index (χ2v) is 6.02. The minimum absolute atomic E-state index is 0.0728. The molecule has 6 heteroatoms. The molecule has 0 bridgehead atoms. The third kappa shape index (κ3) is 4.33. The molecule has 2 heterocycles. The molecule has 20 heavy (non-hydrogen) atoms. The molecule has 110 valence electrons. The number of rotatable bonds is 4. The number of halogens is 2. The standard InChI is InChI=1S/C14H19Cl2N3O/c1-10(9-19-5-3-2-4-6-19)18-14(20)11-7-13(16)17-8-12(11)15/h7-8,10H,2-6,9H2,1H3,(H,18,20). The monoisotopic (exact) mass is 315 g/mol. The van der Waals surface area contributed by atoms with Crippen molar-refractivity contribution in [3.8, 4) is 0 Å². The average Bonchev–Trinajstić information content (AvgIpc) is 2.42. The second kappa shape index (κ2) is 7.25. The lowest BCUT2D eigenvalue weighted by atomic mass is 10.1. The van der Waals surface area contributed by atoms with Crippen LogP contribution in [0.2, 0.25) is 10.2 Å². The first-order chi connectivity index (χ1) is 9.56. The number of likely N-dealkylation sites (tertiary alicyclic amines) is 1. The summed E-state index contributed by atoms with van der Waals surface area (Å²) in [6, 6.07) is 1.57. The maximum atomic E-state index is 12.2. The highest BCUT2D eigenvalue weighted by molar-refractivity contribution is 6.35. The van der Waals surface area contributed by atoms with E-state index in [1.165, 1.54) is 31.5 Å². The molecular formula is C14H19Cl2N3O. The molecule has 2 rings (SSSR count). The number of nitrogens with one attached hydrogen (secondary N) is 1. The van der Waals surface area contributed by atoms with E-state index in [2.05, 4.69) is 15.2 Å². The summed E-state index contributed by atoms with van der Waals surface area (Å²) < 4.78 is 0. The summed E-state index contributed by atoms with van der Waals surface area (Å²) in [5, 5.41) is 3.54. The molecule has 1 amide bonds. The van der Waals surface area contributed by atoms with E-state index < -0.39 is 0 Å². The van der Waals surface area contributed by atoms with Crippen LogP contribution in [-0.2, 0) is 0 Å². The lowest BCUT2D eigenvalue weighted by Crippen LogP contribution is -2.43. The van der Waals surface area contributed by atoms with E-state index in [0.717, 1.165) is 19.6 Å². The Morgan fingerprint density at radius 3 is 2.80 bits per heavy atom. The van der Waals surface area contributed by atoms with Crippen molar-refractivity contribution in [3.05, 3.63) is 28.0 Å². The van der Waals surface area contributed by atoms with Crippen LogP contribution in [0.25, 0.3) is 0 Å². The SMILES string of the molecule is CC(CN1CCCCC1)NC(=O)c1cc(Cl)ncc1Cl. The van der Waals surface area contributed by atoms with E-state index in [4.69, 9.17) is 23.2 Å². The van der Waals surface area contributed by atoms with Gasteiger partial charge in [-0.15, -0.1) is 0 Å². The van der Waals surface area contributed by atoms with Gasteiger partial charge in [0.1, 0.15) is 5.15 Å². The van der Waals surface area contributed by atoms with Gasteiger partial charge in [-0.05, 0) is 38.9 Å². The normalized spacial score (nSPS) is 17.8. The molecule has 1 aliphatic rings. The van der Waals surface area contributed by atoms with Gasteiger partial charge in [-0.3, -0.25) is 4.79 Å². The van der Waals surface area contributed by atoms with E-state index in [0.29, 0.717) is 10.6 Å². The van der Waals surface area contributed by atoms with Gasteiger partial charge in [0.15, 0.2) is 0 Å². The van der Waals surface area contributed by atoms with Crippen molar-refractivity contribution >= 4 is 29.1 Å². The maximum absolute atomic E-state index is 12.2. The topological polar surface area (TPSA) is 45.2 Å². The lowest BCUT2D eigenvalue weighted by Gasteiger charge is -2.29. The third-order valence-corrected chi connectivity index (χ3v) is 3.93. The van der Waals surface area contributed by atoms with Crippen LogP contribution in [0.15, 0.2) is 12.3 Å². The predicted octanol–water partition coefficient (Wildman–Crippen LogP) is 2.99. The number of carbonyl (C=O) groups is 1. The summed E-state index contributed by atoms with van der Waals surface area (Å²) >= 11 is 11.8. The van der Waals surface area contributed by atoms with Crippen LogP contribution in [0.4, 0.5) is 0 Å². The first-order valence-corrected chi connectivity index (χ1v) is 7.66. The number of nitrogens with zero attached hydrogens (tertiary/aromatic N) is 2. The zero-order valence-electron chi connectivity index (χ0n) is 11.5. The lowest BCUT2D eigenvalue weighted by molar-refractivity contribution is 0.0925. The number of amides is 1. The molecular weight excluding hydrogens is 297 g/mol. The zero-order valence-corrected chi connectivity index (χ0v) is 13.0.